The number of aromatic nitrogens is 3. The zero-order valence-electron chi connectivity index (χ0n) is 27.1. The number of pyridine rings is 1. The minimum atomic E-state index is -1.34. The fourth-order valence-corrected chi connectivity index (χ4v) is 7.53. The van der Waals surface area contributed by atoms with Crippen molar-refractivity contribution >= 4 is 23.0 Å². The van der Waals surface area contributed by atoms with Crippen molar-refractivity contribution in [3.8, 4) is 17.1 Å². The van der Waals surface area contributed by atoms with Gasteiger partial charge in [-0.1, -0.05) is 0 Å². The smallest absolute Gasteiger partial charge is 0.159 e. The number of anilines is 4. The van der Waals surface area contributed by atoms with Crippen LogP contribution in [0, 0.1) is 0 Å². The molecule has 12 heteroatoms. The van der Waals surface area contributed by atoms with Gasteiger partial charge in [-0.3, -0.25) is 9.88 Å². The molecule has 0 aliphatic carbocycles. The summed E-state index contributed by atoms with van der Waals surface area (Å²) in [7, 11) is 3.83. The molecule has 2 aromatic heterocycles. The van der Waals surface area contributed by atoms with Crippen LogP contribution in [0.5, 0.6) is 5.75 Å². The first-order valence-corrected chi connectivity index (χ1v) is 16.7. The Bertz CT molecular complexity index is 1480. The second-order valence-electron chi connectivity index (χ2n) is 13.1. The van der Waals surface area contributed by atoms with Crippen LogP contribution in [-0.2, 0) is 4.74 Å². The van der Waals surface area contributed by atoms with Gasteiger partial charge in [0.25, 0.3) is 0 Å². The highest BCUT2D eigenvalue weighted by Crippen LogP contribution is 2.46. The number of nitrogens with zero attached hydrogens (tertiary/aromatic N) is 7. The molecule has 46 heavy (non-hydrogen) atoms. The van der Waals surface area contributed by atoms with E-state index in [2.05, 4.69) is 61.2 Å². The van der Waals surface area contributed by atoms with Crippen molar-refractivity contribution in [1.82, 2.24) is 24.8 Å². The van der Waals surface area contributed by atoms with Crippen molar-refractivity contribution in [1.29, 1.82) is 0 Å². The monoisotopic (exact) mass is 629 g/mol. The summed E-state index contributed by atoms with van der Waals surface area (Å²) in [6.45, 7) is 9.08. The summed E-state index contributed by atoms with van der Waals surface area (Å²) < 4.78 is 11.4. The number of hydrogen-bond donors (Lipinski definition) is 3. The highest BCUT2D eigenvalue weighted by atomic mass is 16.5. The number of nitrogens with two attached hydrogens (primary N) is 1. The van der Waals surface area contributed by atoms with Crippen molar-refractivity contribution < 1.29 is 14.6 Å². The van der Waals surface area contributed by atoms with E-state index in [0.29, 0.717) is 34.8 Å². The van der Waals surface area contributed by atoms with E-state index in [-0.39, 0.29) is 11.2 Å². The number of nitrogens with one attached hydrogen (secondary N) is 1. The molecule has 1 atom stereocenters. The average molecular weight is 630 g/mol. The van der Waals surface area contributed by atoms with E-state index in [0.717, 1.165) is 70.9 Å². The van der Waals surface area contributed by atoms with Crippen LogP contribution >= 0.6 is 0 Å². The molecule has 0 radical (unpaired) electrons. The van der Waals surface area contributed by atoms with Crippen molar-refractivity contribution in [2.24, 2.45) is 5.73 Å². The SMILES string of the molecule is COc1cccnc1-c1nc(C(N)O)c(Nc2ccc(N3CCC(N4CCN(C)CC4)CC3)cc2)nc1N1CCC12CCOCC2. The van der Waals surface area contributed by atoms with Crippen LogP contribution in [0.2, 0.25) is 0 Å². The molecule has 3 aromatic rings. The summed E-state index contributed by atoms with van der Waals surface area (Å²) >= 11 is 0. The lowest BCUT2D eigenvalue weighted by molar-refractivity contribution is 0.0285. The Morgan fingerprint density at radius 3 is 2.35 bits per heavy atom. The van der Waals surface area contributed by atoms with Gasteiger partial charge in [-0.05, 0) is 75.5 Å². The number of hydrogen-bond acceptors (Lipinski definition) is 12. The lowest BCUT2D eigenvalue weighted by Crippen LogP contribution is -2.63. The minimum absolute atomic E-state index is 0.0384. The number of aliphatic hydroxyl groups is 1. The van der Waals surface area contributed by atoms with Crippen LogP contribution in [0.1, 0.15) is 44.0 Å². The first-order chi connectivity index (χ1) is 22.4. The molecule has 1 unspecified atom stereocenters. The van der Waals surface area contributed by atoms with E-state index in [1.165, 1.54) is 31.6 Å². The van der Waals surface area contributed by atoms with E-state index in [4.69, 9.17) is 25.2 Å². The fourth-order valence-electron chi connectivity index (χ4n) is 7.53. The van der Waals surface area contributed by atoms with E-state index in [9.17, 15) is 5.11 Å². The third kappa shape index (κ3) is 6.12. The fraction of sp³-hybridized carbons (Fsp3) is 0.559. The Morgan fingerprint density at radius 2 is 1.70 bits per heavy atom. The zero-order valence-corrected chi connectivity index (χ0v) is 27.1. The molecule has 4 aliphatic heterocycles. The maximum atomic E-state index is 10.7. The third-order valence-electron chi connectivity index (χ3n) is 10.5. The maximum absolute atomic E-state index is 10.7. The van der Waals surface area contributed by atoms with Gasteiger partial charge >= 0.3 is 0 Å². The molecule has 0 saturated carbocycles. The Balaban J connectivity index is 1.14. The summed E-state index contributed by atoms with van der Waals surface area (Å²) in [5, 5.41) is 14.1. The maximum Gasteiger partial charge on any atom is 0.159 e. The van der Waals surface area contributed by atoms with E-state index < -0.39 is 6.23 Å². The topological polar surface area (TPSA) is 128 Å². The average Bonchev–Trinajstić information content (AvgIpc) is 3.09. The molecule has 7 rings (SSSR count). The molecular formula is C34H47N9O3. The van der Waals surface area contributed by atoms with Crippen LogP contribution < -0.4 is 25.6 Å². The molecule has 1 spiro atoms. The van der Waals surface area contributed by atoms with Gasteiger partial charge in [0.2, 0.25) is 0 Å². The summed E-state index contributed by atoms with van der Waals surface area (Å²) in [6, 6.07) is 12.8. The Labute approximate surface area is 271 Å². The molecule has 1 aromatic carbocycles. The van der Waals surface area contributed by atoms with E-state index in [1.54, 1.807) is 13.3 Å². The Kier molecular flexibility index (Phi) is 8.97. The van der Waals surface area contributed by atoms with Gasteiger partial charge in [0.1, 0.15) is 29.1 Å². The van der Waals surface area contributed by atoms with Crippen molar-refractivity contribution in [2.75, 3.05) is 88.3 Å². The second kappa shape index (κ2) is 13.3. The van der Waals surface area contributed by atoms with Crippen LogP contribution in [0.25, 0.3) is 11.4 Å². The van der Waals surface area contributed by atoms with Crippen LogP contribution in [0.3, 0.4) is 0 Å². The van der Waals surface area contributed by atoms with Crippen LogP contribution in [0.4, 0.5) is 23.0 Å². The van der Waals surface area contributed by atoms with E-state index >= 15 is 0 Å². The minimum Gasteiger partial charge on any atom is -0.494 e. The molecule has 4 fully saturated rings. The largest absolute Gasteiger partial charge is 0.494 e. The van der Waals surface area contributed by atoms with Gasteiger partial charge in [0.15, 0.2) is 11.6 Å². The van der Waals surface area contributed by atoms with Crippen molar-refractivity contribution in [2.45, 2.75) is 49.9 Å². The van der Waals surface area contributed by atoms with Crippen molar-refractivity contribution in [3.05, 3.63) is 48.3 Å². The van der Waals surface area contributed by atoms with Crippen LogP contribution in [-0.4, -0.2) is 115 Å². The number of methoxy groups -OCH3 is 1. The highest BCUT2D eigenvalue weighted by molar-refractivity contribution is 5.78. The summed E-state index contributed by atoms with van der Waals surface area (Å²) in [5.41, 5.74) is 9.50. The number of rotatable bonds is 8. The lowest BCUT2D eigenvalue weighted by atomic mass is 9.78. The number of piperazine rings is 1. The van der Waals surface area contributed by atoms with Gasteiger partial charge < -0.3 is 40.3 Å². The Hall–Kier alpha value is -3.55. The quantitative estimate of drug-likeness (QED) is 0.317. The number of likely N-dealkylation sites (N-methyl/N-ethyl adjacent to an activating group) is 1. The molecule has 12 nitrogen and oxygen atoms in total. The highest BCUT2D eigenvalue weighted by Gasteiger charge is 2.47. The van der Waals surface area contributed by atoms with Gasteiger partial charge in [0.05, 0.1) is 7.11 Å². The first kappa shape index (κ1) is 31.1. The number of benzene rings is 1. The molecule has 0 amide bonds. The standard InChI is InChI=1S/C34H47N9O3/c1-40-18-20-42(21-19-40)26-9-15-41(16-10-26)25-7-5-24(6-8-25)37-32-30(31(35)44)38-29(28-27(45-2)4-3-14-36-28)33(39-32)43-17-11-34(43)12-22-46-23-13-34/h3-8,14,26,31,44H,9-13,15-23,35H2,1-2H3,(H,37,39). The zero-order chi connectivity index (χ0) is 31.7. The lowest BCUT2D eigenvalue weighted by Gasteiger charge is -2.55. The first-order valence-electron chi connectivity index (χ1n) is 16.7. The number of ether oxygens (including phenoxy) is 2. The van der Waals surface area contributed by atoms with E-state index in [1.807, 2.05) is 12.1 Å². The third-order valence-corrected chi connectivity index (χ3v) is 10.5. The molecule has 4 aliphatic rings. The summed E-state index contributed by atoms with van der Waals surface area (Å²) in [6.07, 6.45) is 5.66. The van der Waals surface area contributed by atoms with Gasteiger partial charge in [-0.2, -0.15) is 0 Å². The predicted octanol–water partition coefficient (Wildman–Crippen LogP) is 3.22. The molecule has 0 bridgehead atoms. The van der Waals surface area contributed by atoms with Crippen molar-refractivity contribution in [3.63, 3.8) is 0 Å². The van der Waals surface area contributed by atoms with Gasteiger partial charge in [-0.15, -0.1) is 0 Å². The molecule has 4 N–H and O–H groups in total. The van der Waals surface area contributed by atoms with Crippen LogP contribution in [0.15, 0.2) is 42.6 Å². The summed E-state index contributed by atoms with van der Waals surface area (Å²) in [4.78, 5) is 24.6. The summed E-state index contributed by atoms with van der Waals surface area (Å²) in [5.74, 6) is 1.72. The molecule has 246 valence electrons. The predicted molar refractivity (Wildman–Crippen MR) is 180 cm³/mol. The molecular weight excluding hydrogens is 582 g/mol. The second-order valence-corrected chi connectivity index (χ2v) is 13.1. The number of piperidine rings is 1. The van der Waals surface area contributed by atoms with Gasteiger partial charge in [-0.25, -0.2) is 9.97 Å². The molecule has 4 saturated heterocycles. The number of aliphatic hydroxyl groups excluding tert-OH is 1. The van der Waals surface area contributed by atoms with Gasteiger partial charge in [0, 0.05) is 88.2 Å². The normalized spacial score (nSPS) is 21.7. The molecule has 6 heterocycles. The Morgan fingerprint density at radius 1 is 0.957 bits per heavy atom.